The number of ether oxygens (including phenoxy) is 1. The van der Waals surface area contributed by atoms with Gasteiger partial charge in [-0.05, 0) is 30.5 Å². The topological polar surface area (TPSA) is 83.0 Å². The number of methoxy groups -OCH3 is 1. The third-order valence-electron chi connectivity index (χ3n) is 3.76. The summed E-state index contributed by atoms with van der Waals surface area (Å²) >= 11 is 0. The Kier molecular flexibility index (Phi) is 9.93. The highest BCUT2D eigenvalue weighted by molar-refractivity contribution is 7.89. The highest BCUT2D eigenvalue weighted by atomic mass is 32.2. The van der Waals surface area contributed by atoms with E-state index in [0.29, 0.717) is 13.2 Å². The number of sulfonamides is 1. The van der Waals surface area contributed by atoms with E-state index in [2.05, 4.69) is 26.5 Å². The molecule has 2 N–H and O–H groups in total. The summed E-state index contributed by atoms with van der Waals surface area (Å²) in [6, 6.07) is 6.79. The number of rotatable bonds is 11. The van der Waals surface area contributed by atoms with Crippen molar-refractivity contribution in [2.75, 3.05) is 40.9 Å². The summed E-state index contributed by atoms with van der Waals surface area (Å²) in [5.41, 5.74) is 0.974. The summed E-state index contributed by atoms with van der Waals surface area (Å²) in [6.07, 6.45) is 3.89. The van der Waals surface area contributed by atoms with E-state index in [1.54, 1.807) is 31.3 Å². The number of allylic oxidation sites excluding steroid dienone is 1. The first-order chi connectivity index (χ1) is 12.4. The summed E-state index contributed by atoms with van der Waals surface area (Å²) in [5, 5.41) is 3.28. The van der Waals surface area contributed by atoms with Gasteiger partial charge in [0.2, 0.25) is 10.0 Å². The summed E-state index contributed by atoms with van der Waals surface area (Å²) in [4.78, 5) is 6.57. The third-order valence-corrected chi connectivity index (χ3v) is 5.23. The molecular formula is C18H30N4O3S. The van der Waals surface area contributed by atoms with E-state index >= 15 is 0 Å². The van der Waals surface area contributed by atoms with Crippen LogP contribution >= 0.6 is 0 Å². The second-order valence-corrected chi connectivity index (χ2v) is 7.55. The normalized spacial score (nSPS) is 12.0. The quantitative estimate of drug-likeness (QED) is 0.263. The molecule has 0 atom stereocenters. The van der Waals surface area contributed by atoms with Crippen molar-refractivity contribution >= 4 is 16.0 Å². The van der Waals surface area contributed by atoms with E-state index in [0.717, 1.165) is 30.9 Å². The first-order valence-electron chi connectivity index (χ1n) is 8.54. The number of unbranched alkanes of at least 4 members (excludes halogenated alkanes) is 1. The van der Waals surface area contributed by atoms with Crippen molar-refractivity contribution in [3.05, 3.63) is 42.5 Å². The SMILES string of the molecule is C=CCCCN(C)C(=NC)NCc1ccc(S(=O)(=O)NCCOC)cc1. The van der Waals surface area contributed by atoms with Crippen molar-refractivity contribution in [1.29, 1.82) is 0 Å². The van der Waals surface area contributed by atoms with Crippen LogP contribution in [0.5, 0.6) is 0 Å². The van der Waals surface area contributed by atoms with Crippen molar-refractivity contribution in [1.82, 2.24) is 14.9 Å². The summed E-state index contributed by atoms with van der Waals surface area (Å²) in [5.74, 6) is 0.798. The first-order valence-corrected chi connectivity index (χ1v) is 10.0. The van der Waals surface area contributed by atoms with E-state index < -0.39 is 10.0 Å². The highest BCUT2D eigenvalue weighted by Crippen LogP contribution is 2.10. The molecule has 0 aliphatic carbocycles. The maximum atomic E-state index is 12.1. The lowest BCUT2D eigenvalue weighted by Gasteiger charge is -2.22. The van der Waals surface area contributed by atoms with E-state index in [1.807, 2.05) is 13.1 Å². The Morgan fingerprint density at radius 1 is 1.35 bits per heavy atom. The van der Waals surface area contributed by atoms with Crippen LogP contribution in [0.25, 0.3) is 0 Å². The second kappa shape index (κ2) is 11.7. The van der Waals surface area contributed by atoms with Gasteiger partial charge in [-0.1, -0.05) is 18.2 Å². The van der Waals surface area contributed by atoms with Gasteiger partial charge in [0.15, 0.2) is 5.96 Å². The average Bonchev–Trinajstić information content (AvgIpc) is 2.63. The van der Waals surface area contributed by atoms with Crippen LogP contribution in [0.4, 0.5) is 0 Å². The Labute approximate surface area is 157 Å². The first kappa shape index (κ1) is 22.1. The van der Waals surface area contributed by atoms with E-state index in [1.165, 1.54) is 7.11 Å². The van der Waals surface area contributed by atoms with Gasteiger partial charge in [-0.15, -0.1) is 6.58 Å². The maximum absolute atomic E-state index is 12.1. The Bertz CT molecular complexity index is 672. The van der Waals surface area contributed by atoms with Crippen LogP contribution in [-0.2, 0) is 21.3 Å². The molecule has 0 bridgehead atoms. The smallest absolute Gasteiger partial charge is 0.240 e. The Balaban J connectivity index is 2.59. The van der Waals surface area contributed by atoms with Crippen molar-refractivity contribution in [3.63, 3.8) is 0 Å². The molecule has 0 fully saturated rings. The molecule has 0 amide bonds. The molecule has 7 nitrogen and oxygen atoms in total. The lowest BCUT2D eigenvalue weighted by molar-refractivity contribution is 0.204. The zero-order chi connectivity index (χ0) is 19.4. The zero-order valence-electron chi connectivity index (χ0n) is 15.9. The monoisotopic (exact) mass is 382 g/mol. The van der Waals surface area contributed by atoms with Crippen LogP contribution in [-0.4, -0.2) is 60.2 Å². The standard InChI is InChI=1S/C18H30N4O3S/c1-5-6-7-13-22(3)18(19-2)20-15-16-8-10-17(11-9-16)26(23,24)21-12-14-25-4/h5,8-11,21H,1,6-7,12-15H2,2-4H3,(H,19,20). The molecule has 0 saturated heterocycles. The molecule has 0 saturated carbocycles. The Morgan fingerprint density at radius 2 is 2.04 bits per heavy atom. The van der Waals surface area contributed by atoms with Crippen LogP contribution in [0.2, 0.25) is 0 Å². The number of aliphatic imine (C=N–C) groups is 1. The minimum Gasteiger partial charge on any atom is -0.383 e. The number of hydrogen-bond acceptors (Lipinski definition) is 4. The van der Waals surface area contributed by atoms with Gasteiger partial charge >= 0.3 is 0 Å². The van der Waals surface area contributed by atoms with Gasteiger partial charge in [-0.2, -0.15) is 0 Å². The van der Waals surface area contributed by atoms with Crippen LogP contribution in [0.3, 0.4) is 0 Å². The molecule has 8 heteroatoms. The summed E-state index contributed by atoms with van der Waals surface area (Å²) < 4.78 is 31.6. The predicted octanol–water partition coefficient (Wildman–Crippen LogP) is 1.58. The molecule has 0 radical (unpaired) electrons. The minimum absolute atomic E-state index is 0.239. The lowest BCUT2D eigenvalue weighted by Crippen LogP contribution is -2.38. The number of nitrogens with one attached hydrogen (secondary N) is 2. The largest absolute Gasteiger partial charge is 0.383 e. The summed E-state index contributed by atoms with van der Waals surface area (Å²) in [6.45, 7) is 5.76. The van der Waals surface area contributed by atoms with Gasteiger partial charge in [-0.3, -0.25) is 4.99 Å². The molecule has 1 rings (SSSR count). The second-order valence-electron chi connectivity index (χ2n) is 5.79. The molecule has 0 unspecified atom stereocenters. The van der Waals surface area contributed by atoms with Gasteiger partial charge in [0.05, 0.1) is 11.5 Å². The maximum Gasteiger partial charge on any atom is 0.240 e. The molecule has 0 heterocycles. The molecule has 1 aromatic rings. The van der Waals surface area contributed by atoms with Crippen LogP contribution < -0.4 is 10.0 Å². The fraction of sp³-hybridized carbons (Fsp3) is 0.500. The Hall–Kier alpha value is -1.90. The van der Waals surface area contributed by atoms with Gasteiger partial charge < -0.3 is 15.0 Å². The molecule has 0 aliphatic heterocycles. The number of guanidine groups is 1. The number of benzene rings is 1. The van der Waals surface area contributed by atoms with Gasteiger partial charge in [0.25, 0.3) is 0 Å². The molecule has 146 valence electrons. The fourth-order valence-corrected chi connectivity index (χ4v) is 3.31. The van der Waals surface area contributed by atoms with Crippen molar-refractivity contribution in [3.8, 4) is 0 Å². The van der Waals surface area contributed by atoms with E-state index in [9.17, 15) is 8.42 Å². The van der Waals surface area contributed by atoms with Gasteiger partial charge in [0, 0.05) is 40.8 Å². The van der Waals surface area contributed by atoms with Crippen molar-refractivity contribution < 1.29 is 13.2 Å². The number of hydrogen-bond donors (Lipinski definition) is 2. The molecule has 0 aliphatic rings. The molecule has 0 spiro atoms. The number of nitrogens with zero attached hydrogens (tertiary/aromatic N) is 2. The van der Waals surface area contributed by atoms with Crippen LogP contribution in [0, 0.1) is 0 Å². The third kappa shape index (κ3) is 7.55. The summed E-state index contributed by atoms with van der Waals surface area (Å²) in [7, 11) is 1.76. The van der Waals surface area contributed by atoms with E-state index in [4.69, 9.17) is 4.74 Å². The highest BCUT2D eigenvalue weighted by Gasteiger charge is 2.13. The van der Waals surface area contributed by atoms with Crippen LogP contribution in [0.1, 0.15) is 18.4 Å². The van der Waals surface area contributed by atoms with Crippen LogP contribution in [0.15, 0.2) is 46.8 Å². The molecule has 0 aromatic heterocycles. The average molecular weight is 383 g/mol. The van der Waals surface area contributed by atoms with E-state index in [-0.39, 0.29) is 11.4 Å². The van der Waals surface area contributed by atoms with Gasteiger partial charge in [0.1, 0.15) is 0 Å². The Morgan fingerprint density at radius 3 is 2.62 bits per heavy atom. The molecule has 1 aromatic carbocycles. The molecule has 26 heavy (non-hydrogen) atoms. The lowest BCUT2D eigenvalue weighted by atomic mass is 10.2. The fourth-order valence-electron chi connectivity index (χ4n) is 2.29. The predicted molar refractivity (Wildman–Crippen MR) is 106 cm³/mol. The van der Waals surface area contributed by atoms with Crippen molar-refractivity contribution in [2.45, 2.75) is 24.3 Å². The van der Waals surface area contributed by atoms with Crippen molar-refractivity contribution in [2.24, 2.45) is 4.99 Å². The molecular weight excluding hydrogens is 352 g/mol. The minimum atomic E-state index is -3.50. The zero-order valence-corrected chi connectivity index (χ0v) is 16.7. The van der Waals surface area contributed by atoms with Gasteiger partial charge in [-0.25, -0.2) is 13.1 Å².